The number of amides is 1. The van der Waals surface area contributed by atoms with Crippen molar-refractivity contribution in [3.05, 3.63) is 29.6 Å². The third-order valence-corrected chi connectivity index (χ3v) is 4.66. The Kier molecular flexibility index (Phi) is 5.25. The van der Waals surface area contributed by atoms with Gasteiger partial charge in [0.1, 0.15) is 0 Å². The Morgan fingerprint density at radius 3 is 2.91 bits per heavy atom. The minimum atomic E-state index is 0.0842. The van der Waals surface area contributed by atoms with E-state index in [4.69, 9.17) is 9.47 Å². The van der Waals surface area contributed by atoms with Crippen molar-refractivity contribution in [2.75, 3.05) is 46.5 Å². The standard InChI is InChI=1S/C17H25N3O3/c1-13-3-4-14(10-18-13)17(21)20-6-5-19-12-16(9-15(19)11-20)23-8-7-22-2/h3-4,10,15-16H,5-9,11-12H2,1-2H3/t15-,16+/m0/s1. The van der Waals surface area contributed by atoms with Crippen molar-refractivity contribution in [3.63, 3.8) is 0 Å². The Morgan fingerprint density at radius 1 is 1.30 bits per heavy atom. The SMILES string of the molecule is COCCO[C@@H]1C[C@H]2CN(C(=O)c3ccc(C)nc3)CCN2C1. The van der Waals surface area contributed by atoms with Crippen LogP contribution >= 0.6 is 0 Å². The number of ether oxygens (including phenoxy) is 2. The summed E-state index contributed by atoms with van der Waals surface area (Å²) in [5.74, 6) is 0.0842. The van der Waals surface area contributed by atoms with Gasteiger partial charge < -0.3 is 14.4 Å². The molecule has 0 bridgehead atoms. The fourth-order valence-corrected chi connectivity index (χ4v) is 3.38. The number of piperazine rings is 1. The number of aryl methyl sites for hydroxylation is 1. The number of hydrogen-bond donors (Lipinski definition) is 0. The fraction of sp³-hybridized carbons (Fsp3) is 0.647. The van der Waals surface area contributed by atoms with Gasteiger partial charge in [0.05, 0.1) is 24.9 Å². The molecule has 126 valence electrons. The monoisotopic (exact) mass is 319 g/mol. The number of hydrogen-bond acceptors (Lipinski definition) is 5. The molecule has 0 aliphatic carbocycles. The van der Waals surface area contributed by atoms with Gasteiger partial charge in [-0.15, -0.1) is 0 Å². The van der Waals surface area contributed by atoms with Crippen LogP contribution in [0.25, 0.3) is 0 Å². The van der Waals surface area contributed by atoms with Crippen LogP contribution in [0, 0.1) is 6.92 Å². The van der Waals surface area contributed by atoms with Crippen LogP contribution in [-0.2, 0) is 9.47 Å². The van der Waals surface area contributed by atoms with Crippen molar-refractivity contribution >= 4 is 5.91 Å². The lowest BCUT2D eigenvalue weighted by Crippen LogP contribution is -2.52. The van der Waals surface area contributed by atoms with E-state index in [1.54, 1.807) is 13.3 Å². The number of carbonyl (C=O) groups excluding carboxylic acids is 1. The topological polar surface area (TPSA) is 54.9 Å². The summed E-state index contributed by atoms with van der Waals surface area (Å²) in [4.78, 5) is 21.2. The molecule has 2 aliphatic heterocycles. The molecule has 3 heterocycles. The lowest BCUT2D eigenvalue weighted by atomic mass is 10.1. The van der Waals surface area contributed by atoms with Crippen LogP contribution in [0.3, 0.4) is 0 Å². The third kappa shape index (κ3) is 3.88. The molecule has 1 aromatic rings. The highest BCUT2D eigenvalue weighted by atomic mass is 16.5. The van der Waals surface area contributed by atoms with Crippen molar-refractivity contribution < 1.29 is 14.3 Å². The molecule has 2 atom stereocenters. The van der Waals surface area contributed by atoms with E-state index >= 15 is 0 Å². The third-order valence-electron chi connectivity index (χ3n) is 4.66. The number of pyridine rings is 1. The summed E-state index contributed by atoms with van der Waals surface area (Å²) in [7, 11) is 1.69. The van der Waals surface area contributed by atoms with Gasteiger partial charge in [0.2, 0.25) is 0 Å². The van der Waals surface area contributed by atoms with E-state index in [2.05, 4.69) is 9.88 Å². The molecule has 23 heavy (non-hydrogen) atoms. The van der Waals surface area contributed by atoms with Crippen LogP contribution in [0.4, 0.5) is 0 Å². The first-order valence-electron chi connectivity index (χ1n) is 8.24. The van der Waals surface area contributed by atoms with Crippen LogP contribution in [-0.4, -0.2) is 79.3 Å². The summed E-state index contributed by atoms with van der Waals surface area (Å²) in [5.41, 5.74) is 1.60. The van der Waals surface area contributed by atoms with Gasteiger partial charge in [-0.3, -0.25) is 14.7 Å². The Bertz CT molecular complexity index is 534. The van der Waals surface area contributed by atoms with E-state index in [1.807, 2.05) is 24.0 Å². The second kappa shape index (κ2) is 7.38. The highest BCUT2D eigenvalue weighted by Crippen LogP contribution is 2.24. The molecule has 6 heteroatoms. The van der Waals surface area contributed by atoms with Crippen LogP contribution in [0.1, 0.15) is 22.5 Å². The molecule has 0 N–H and O–H groups in total. The van der Waals surface area contributed by atoms with Gasteiger partial charge in [-0.05, 0) is 25.5 Å². The average molecular weight is 319 g/mol. The second-order valence-electron chi connectivity index (χ2n) is 6.31. The van der Waals surface area contributed by atoms with Gasteiger partial charge in [0.15, 0.2) is 0 Å². The fourth-order valence-electron chi connectivity index (χ4n) is 3.38. The molecule has 1 aromatic heterocycles. The maximum absolute atomic E-state index is 12.6. The van der Waals surface area contributed by atoms with Gasteiger partial charge in [-0.25, -0.2) is 0 Å². The highest BCUT2D eigenvalue weighted by Gasteiger charge is 2.37. The van der Waals surface area contributed by atoms with Crippen molar-refractivity contribution in [2.24, 2.45) is 0 Å². The van der Waals surface area contributed by atoms with E-state index in [0.717, 1.165) is 38.3 Å². The van der Waals surface area contributed by atoms with E-state index < -0.39 is 0 Å². The minimum Gasteiger partial charge on any atom is -0.382 e. The summed E-state index contributed by atoms with van der Waals surface area (Å²) < 4.78 is 10.9. The van der Waals surface area contributed by atoms with Gasteiger partial charge in [-0.2, -0.15) is 0 Å². The van der Waals surface area contributed by atoms with E-state index in [-0.39, 0.29) is 12.0 Å². The number of aromatic nitrogens is 1. The van der Waals surface area contributed by atoms with Crippen LogP contribution in [0.15, 0.2) is 18.3 Å². The summed E-state index contributed by atoms with van der Waals surface area (Å²) in [6.45, 7) is 6.62. The van der Waals surface area contributed by atoms with Crippen LogP contribution < -0.4 is 0 Å². The van der Waals surface area contributed by atoms with Gasteiger partial charge in [0, 0.05) is 51.2 Å². The summed E-state index contributed by atoms with van der Waals surface area (Å²) in [5, 5.41) is 0. The molecule has 0 saturated carbocycles. The molecule has 3 rings (SSSR count). The van der Waals surface area contributed by atoms with Crippen molar-refractivity contribution in [1.29, 1.82) is 0 Å². The zero-order valence-electron chi connectivity index (χ0n) is 13.9. The predicted molar refractivity (Wildman–Crippen MR) is 86.5 cm³/mol. The number of rotatable bonds is 5. The van der Waals surface area contributed by atoms with Crippen LogP contribution in [0.5, 0.6) is 0 Å². The maximum Gasteiger partial charge on any atom is 0.255 e. The smallest absolute Gasteiger partial charge is 0.255 e. The number of fused-ring (bicyclic) bond motifs is 1. The zero-order chi connectivity index (χ0) is 16.2. The number of methoxy groups -OCH3 is 1. The molecule has 2 aliphatic rings. The first-order chi connectivity index (χ1) is 11.2. The Labute approximate surface area is 137 Å². The molecule has 1 amide bonds. The number of carbonyl (C=O) groups is 1. The van der Waals surface area contributed by atoms with Crippen LogP contribution in [0.2, 0.25) is 0 Å². The summed E-state index contributed by atoms with van der Waals surface area (Å²) in [6.07, 6.45) is 2.92. The van der Waals surface area contributed by atoms with Gasteiger partial charge in [-0.1, -0.05) is 0 Å². The summed E-state index contributed by atoms with van der Waals surface area (Å²) >= 11 is 0. The minimum absolute atomic E-state index is 0.0842. The molecule has 2 saturated heterocycles. The first kappa shape index (κ1) is 16.4. The van der Waals surface area contributed by atoms with Crippen molar-refractivity contribution in [1.82, 2.24) is 14.8 Å². The van der Waals surface area contributed by atoms with Crippen molar-refractivity contribution in [3.8, 4) is 0 Å². The lowest BCUT2D eigenvalue weighted by molar-refractivity contribution is 0.0220. The average Bonchev–Trinajstić information content (AvgIpc) is 2.97. The first-order valence-corrected chi connectivity index (χ1v) is 8.24. The highest BCUT2D eigenvalue weighted by molar-refractivity contribution is 5.94. The number of nitrogens with zero attached hydrogens (tertiary/aromatic N) is 3. The molecular formula is C17H25N3O3. The molecule has 0 aromatic carbocycles. The largest absolute Gasteiger partial charge is 0.382 e. The van der Waals surface area contributed by atoms with E-state index in [9.17, 15) is 4.79 Å². The Balaban J connectivity index is 1.55. The van der Waals surface area contributed by atoms with Crippen molar-refractivity contribution in [2.45, 2.75) is 25.5 Å². The molecule has 0 radical (unpaired) electrons. The molecular weight excluding hydrogens is 294 g/mol. The van der Waals surface area contributed by atoms with E-state index in [1.165, 1.54) is 0 Å². The molecule has 0 spiro atoms. The normalized spacial score (nSPS) is 24.7. The predicted octanol–water partition coefficient (Wildman–Crippen LogP) is 0.952. The Morgan fingerprint density at radius 2 is 2.17 bits per heavy atom. The van der Waals surface area contributed by atoms with Gasteiger partial charge in [0.25, 0.3) is 5.91 Å². The molecule has 0 unspecified atom stereocenters. The Hall–Kier alpha value is -1.50. The lowest BCUT2D eigenvalue weighted by Gasteiger charge is -2.37. The summed E-state index contributed by atoms with van der Waals surface area (Å²) in [6, 6.07) is 4.15. The molecule has 6 nitrogen and oxygen atoms in total. The second-order valence-corrected chi connectivity index (χ2v) is 6.31. The van der Waals surface area contributed by atoms with E-state index in [0.29, 0.717) is 24.8 Å². The van der Waals surface area contributed by atoms with Gasteiger partial charge >= 0.3 is 0 Å². The maximum atomic E-state index is 12.6. The zero-order valence-corrected chi connectivity index (χ0v) is 13.9. The molecule has 2 fully saturated rings. The quantitative estimate of drug-likeness (QED) is 0.757.